The van der Waals surface area contributed by atoms with Crippen LogP contribution in [0.25, 0.3) is 0 Å². The number of aromatic nitrogens is 2. The molecule has 60 valence electrons. The third-order valence-electron chi connectivity index (χ3n) is 1.91. The Labute approximate surface area is 70.4 Å². The topological polar surface area (TPSA) is 29.9 Å². The molecule has 1 aliphatic rings. The molecule has 0 saturated carbocycles. The molecular formula is C7H10ClN3. The van der Waals surface area contributed by atoms with Gasteiger partial charge in [0, 0.05) is 13.1 Å². The van der Waals surface area contributed by atoms with Gasteiger partial charge in [-0.25, -0.2) is 4.98 Å². The smallest absolute Gasteiger partial charge is 0.203 e. The number of fused-ring (bicyclic) bond motifs is 1. The highest BCUT2D eigenvalue weighted by atomic mass is 35.5. The van der Waals surface area contributed by atoms with Crippen molar-refractivity contribution in [3.8, 4) is 0 Å². The summed E-state index contributed by atoms with van der Waals surface area (Å²) < 4.78 is 2.00. The van der Waals surface area contributed by atoms with E-state index in [9.17, 15) is 0 Å². The summed E-state index contributed by atoms with van der Waals surface area (Å²) in [5, 5.41) is 3.92. The van der Waals surface area contributed by atoms with Crippen molar-refractivity contribution in [3.05, 3.63) is 11.3 Å². The van der Waals surface area contributed by atoms with Gasteiger partial charge in [0.25, 0.3) is 0 Å². The SMILES string of the molecule is CC1CNc2ncc(Cl)n2C1. The van der Waals surface area contributed by atoms with Crippen LogP contribution >= 0.6 is 11.6 Å². The number of imidazole rings is 1. The molecule has 2 heterocycles. The minimum absolute atomic E-state index is 0.634. The minimum Gasteiger partial charge on any atom is -0.355 e. The summed E-state index contributed by atoms with van der Waals surface area (Å²) in [6.07, 6.45) is 1.68. The molecule has 0 bridgehead atoms. The van der Waals surface area contributed by atoms with Crippen LogP contribution in [0.1, 0.15) is 6.92 Å². The molecule has 0 amide bonds. The summed E-state index contributed by atoms with van der Waals surface area (Å²) in [6.45, 7) is 4.15. The van der Waals surface area contributed by atoms with Crippen LogP contribution in [0, 0.1) is 5.92 Å². The van der Waals surface area contributed by atoms with E-state index in [0.29, 0.717) is 5.92 Å². The van der Waals surface area contributed by atoms with Gasteiger partial charge in [0.2, 0.25) is 5.95 Å². The van der Waals surface area contributed by atoms with Gasteiger partial charge in [-0.15, -0.1) is 0 Å². The quantitative estimate of drug-likeness (QED) is 0.643. The van der Waals surface area contributed by atoms with E-state index in [1.54, 1.807) is 6.20 Å². The van der Waals surface area contributed by atoms with Crippen LogP contribution in [0.5, 0.6) is 0 Å². The van der Waals surface area contributed by atoms with E-state index in [2.05, 4.69) is 17.2 Å². The van der Waals surface area contributed by atoms with Crippen LogP contribution in [-0.2, 0) is 6.54 Å². The Hall–Kier alpha value is -0.700. The van der Waals surface area contributed by atoms with Gasteiger partial charge >= 0.3 is 0 Å². The molecule has 1 unspecified atom stereocenters. The van der Waals surface area contributed by atoms with E-state index < -0.39 is 0 Å². The van der Waals surface area contributed by atoms with Crippen molar-refractivity contribution in [2.45, 2.75) is 13.5 Å². The largest absolute Gasteiger partial charge is 0.355 e. The molecule has 0 fully saturated rings. The average molecular weight is 172 g/mol. The molecule has 0 spiro atoms. The number of anilines is 1. The zero-order chi connectivity index (χ0) is 7.84. The van der Waals surface area contributed by atoms with Gasteiger partial charge in [0.15, 0.2) is 0 Å². The van der Waals surface area contributed by atoms with Crippen molar-refractivity contribution < 1.29 is 0 Å². The fraction of sp³-hybridized carbons (Fsp3) is 0.571. The molecule has 1 aliphatic heterocycles. The van der Waals surface area contributed by atoms with Crippen molar-refractivity contribution in [1.29, 1.82) is 0 Å². The molecule has 0 aromatic carbocycles. The molecule has 1 N–H and O–H groups in total. The standard InChI is InChI=1S/C7H10ClN3/c1-5-2-9-7-10-3-6(8)11(7)4-5/h3,5H,2,4H2,1H3,(H,9,10). The average Bonchev–Trinajstić information content (AvgIpc) is 2.33. The second kappa shape index (κ2) is 2.41. The Balaban J connectivity index is 2.37. The first-order chi connectivity index (χ1) is 5.27. The van der Waals surface area contributed by atoms with Crippen molar-refractivity contribution in [3.63, 3.8) is 0 Å². The summed E-state index contributed by atoms with van der Waals surface area (Å²) in [4.78, 5) is 4.11. The van der Waals surface area contributed by atoms with Gasteiger partial charge in [-0.05, 0) is 5.92 Å². The molecule has 1 aromatic heterocycles. The molecule has 3 nitrogen and oxygen atoms in total. The lowest BCUT2D eigenvalue weighted by Gasteiger charge is -2.21. The summed E-state index contributed by atoms with van der Waals surface area (Å²) in [6, 6.07) is 0. The predicted octanol–water partition coefficient (Wildman–Crippen LogP) is 1.60. The predicted molar refractivity (Wildman–Crippen MR) is 44.9 cm³/mol. The van der Waals surface area contributed by atoms with Crippen LogP contribution in [-0.4, -0.2) is 16.1 Å². The Morgan fingerprint density at radius 2 is 2.64 bits per heavy atom. The number of nitrogens with one attached hydrogen (secondary N) is 1. The highest BCUT2D eigenvalue weighted by molar-refractivity contribution is 6.29. The molecule has 4 heteroatoms. The van der Waals surface area contributed by atoms with Crippen molar-refractivity contribution >= 4 is 17.5 Å². The van der Waals surface area contributed by atoms with Gasteiger partial charge in [-0.2, -0.15) is 0 Å². The Morgan fingerprint density at radius 1 is 1.82 bits per heavy atom. The van der Waals surface area contributed by atoms with Crippen LogP contribution < -0.4 is 5.32 Å². The number of hydrogen-bond donors (Lipinski definition) is 1. The van der Waals surface area contributed by atoms with Crippen LogP contribution in [0.15, 0.2) is 6.20 Å². The Morgan fingerprint density at radius 3 is 3.45 bits per heavy atom. The molecule has 0 saturated heterocycles. The minimum atomic E-state index is 0.634. The van der Waals surface area contributed by atoms with Crippen LogP contribution in [0.3, 0.4) is 0 Å². The van der Waals surface area contributed by atoms with Gasteiger partial charge in [-0.3, -0.25) is 0 Å². The van der Waals surface area contributed by atoms with Gasteiger partial charge in [0.05, 0.1) is 6.20 Å². The molecular weight excluding hydrogens is 162 g/mol. The first-order valence-corrected chi connectivity index (χ1v) is 4.10. The van der Waals surface area contributed by atoms with Crippen molar-refractivity contribution in [2.75, 3.05) is 11.9 Å². The highest BCUT2D eigenvalue weighted by Gasteiger charge is 2.16. The third kappa shape index (κ3) is 1.09. The maximum absolute atomic E-state index is 5.88. The molecule has 1 aromatic rings. The number of hydrogen-bond acceptors (Lipinski definition) is 2. The van der Waals surface area contributed by atoms with Gasteiger partial charge in [0.1, 0.15) is 5.15 Å². The van der Waals surface area contributed by atoms with Gasteiger partial charge < -0.3 is 9.88 Å². The Kier molecular flexibility index (Phi) is 1.53. The molecule has 0 aliphatic carbocycles. The summed E-state index contributed by atoms with van der Waals surface area (Å²) in [5.74, 6) is 1.53. The first-order valence-electron chi connectivity index (χ1n) is 3.72. The van der Waals surface area contributed by atoms with Gasteiger partial charge in [-0.1, -0.05) is 18.5 Å². The summed E-state index contributed by atoms with van der Waals surface area (Å²) in [7, 11) is 0. The lowest BCUT2D eigenvalue weighted by molar-refractivity contribution is 0.478. The number of halogens is 1. The fourth-order valence-corrected chi connectivity index (χ4v) is 1.51. The fourth-order valence-electron chi connectivity index (χ4n) is 1.31. The monoisotopic (exact) mass is 171 g/mol. The second-order valence-corrected chi connectivity index (χ2v) is 3.39. The number of nitrogens with zero attached hydrogens (tertiary/aromatic N) is 2. The molecule has 1 atom stereocenters. The van der Waals surface area contributed by atoms with E-state index >= 15 is 0 Å². The zero-order valence-corrected chi connectivity index (χ0v) is 7.10. The van der Waals surface area contributed by atoms with Crippen molar-refractivity contribution in [2.24, 2.45) is 5.92 Å². The van der Waals surface area contributed by atoms with E-state index in [4.69, 9.17) is 11.6 Å². The van der Waals surface area contributed by atoms with E-state index in [-0.39, 0.29) is 0 Å². The number of rotatable bonds is 0. The van der Waals surface area contributed by atoms with Crippen LogP contribution in [0.2, 0.25) is 5.15 Å². The molecule has 0 radical (unpaired) electrons. The molecule has 2 rings (SSSR count). The lowest BCUT2D eigenvalue weighted by atomic mass is 10.1. The van der Waals surface area contributed by atoms with Crippen molar-refractivity contribution in [1.82, 2.24) is 9.55 Å². The third-order valence-corrected chi connectivity index (χ3v) is 2.21. The maximum atomic E-state index is 5.88. The lowest BCUT2D eigenvalue weighted by Crippen LogP contribution is -2.25. The normalized spacial score (nSPS) is 22.5. The summed E-state index contributed by atoms with van der Waals surface area (Å²) >= 11 is 5.88. The highest BCUT2D eigenvalue weighted by Crippen LogP contribution is 2.21. The van der Waals surface area contributed by atoms with E-state index in [1.807, 2.05) is 4.57 Å². The molecule has 11 heavy (non-hydrogen) atoms. The Bertz CT molecular complexity index is 269. The van der Waals surface area contributed by atoms with E-state index in [1.165, 1.54) is 0 Å². The first kappa shape index (κ1) is 6.98. The van der Waals surface area contributed by atoms with E-state index in [0.717, 1.165) is 24.2 Å². The zero-order valence-electron chi connectivity index (χ0n) is 6.34. The van der Waals surface area contributed by atoms with Crippen LogP contribution in [0.4, 0.5) is 5.95 Å². The second-order valence-electron chi connectivity index (χ2n) is 3.00. The summed E-state index contributed by atoms with van der Waals surface area (Å²) in [5.41, 5.74) is 0. The maximum Gasteiger partial charge on any atom is 0.203 e.